The van der Waals surface area contributed by atoms with Crippen molar-refractivity contribution in [1.29, 1.82) is 5.41 Å². The van der Waals surface area contributed by atoms with Crippen LogP contribution < -0.4 is 15.0 Å². The van der Waals surface area contributed by atoms with Crippen molar-refractivity contribution in [3.05, 3.63) is 60.1 Å². The van der Waals surface area contributed by atoms with E-state index >= 15 is 0 Å². The molecule has 0 saturated carbocycles. The van der Waals surface area contributed by atoms with Gasteiger partial charge < -0.3 is 14.6 Å². The summed E-state index contributed by atoms with van der Waals surface area (Å²) in [5.41, 5.74) is 2.74. The fourth-order valence-corrected chi connectivity index (χ4v) is 2.80. The fraction of sp³-hybridized carbons (Fsp3) is 0.190. The van der Waals surface area contributed by atoms with Crippen LogP contribution in [-0.2, 0) is 4.79 Å². The van der Waals surface area contributed by atoms with Crippen LogP contribution in [0, 0.1) is 5.41 Å². The number of nitrogens with zero attached hydrogens (tertiary/aromatic N) is 2. The van der Waals surface area contributed by atoms with Gasteiger partial charge in [-0.3, -0.25) is 5.41 Å². The summed E-state index contributed by atoms with van der Waals surface area (Å²) in [7, 11) is 3.17. The molecular formula is C21H21N3O4. The van der Waals surface area contributed by atoms with E-state index in [1.54, 1.807) is 32.4 Å². The first-order valence-corrected chi connectivity index (χ1v) is 8.64. The third-order valence-electron chi connectivity index (χ3n) is 4.49. The molecular weight excluding hydrogens is 358 g/mol. The molecule has 3 aromatic rings. The van der Waals surface area contributed by atoms with Crippen LogP contribution in [0.3, 0.4) is 0 Å². The van der Waals surface area contributed by atoms with Crippen LogP contribution in [0.25, 0.3) is 22.4 Å². The number of carboxylic acid groups (broad SMARTS) is 1. The molecule has 3 rings (SSSR count). The lowest BCUT2D eigenvalue weighted by Gasteiger charge is -2.16. The molecule has 0 bridgehead atoms. The van der Waals surface area contributed by atoms with E-state index < -0.39 is 12.0 Å². The number of carbonyl (C=O) groups is 1. The lowest BCUT2D eigenvalue weighted by molar-refractivity contribution is -0.140. The number of ether oxygens (including phenoxy) is 2. The number of carboxylic acids is 1. The zero-order valence-electron chi connectivity index (χ0n) is 15.8. The highest BCUT2D eigenvalue weighted by molar-refractivity contribution is 5.73. The first kappa shape index (κ1) is 19.2. The van der Waals surface area contributed by atoms with Crippen LogP contribution in [0.1, 0.15) is 13.0 Å². The number of hydrogen-bond acceptors (Lipinski definition) is 5. The molecule has 0 aliphatic carbocycles. The number of benzene rings is 2. The minimum Gasteiger partial charge on any atom is -0.497 e. The Labute approximate surface area is 162 Å². The molecule has 7 heteroatoms. The summed E-state index contributed by atoms with van der Waals surface area (Å²) in [4.78, 5) is 11.5. The highest BCUT2D eigenvalue weighted by atomic mass is 16.5. The van der Waals surface area contributed by atoms with Crippen molar-refractivity contribution in [2.75, 3.05) is 14.2 Å². The molecule has 0 aliphatic rings. The van der Waals surface area contributed by atoms with E-state index in [0.717, 1.165) is 11.1 Å². The second kappa shape index (κ2) is 7.96. The summed E-state index contributed by atoms with van der Waals surface area (Å²) >= 11 is 0. The highest BCUT2D eigenvalue weighted by Gasteiger charge is 2.18. The van der Waals surface area contributed by atoms with Gasteiger partial charge in [0.05, 0.1) is 19.9 Å². The molecule has 7 nitrogen and oxygen atoms in total. The minimum absolute atomic E-state index is 0.0253. The Kier molecular flexibility index (Phi) is 5.44. The number of aromatic nitrogens is 2. The molecule has 28 heavy (non-hydrogen) atoms. The number of rotatable bonds is 6. The quantitative estimate of drug-likeness (QED) is 0.684. The fourth-order valence-electron chi connectivity index (χ4n) is 2.80. The standard InChI is InChI=1S/C21H21N3O4/c1-13(21(25)26)24-20(22)18(14-4-8-16(27-2)9-5-14)12-19(23-24)15-6-10-17(28-3)11-7-15/h4-13,22H,1-3H3,(H,25,26). The predicted octanol–water partition coefficient (Wildman–Crippen LogP) is 3.36. The maximum atomic E-state index is 11.5. The molecule has 1 unspecified atom stereocenters. The van der Waals surface area contributed by atoms with E-state index in [9.17, 15) is 9.90 Å². The zero-order valence-corrected chi connectivity index (χ0v) is 15.8. The van der Waals surface area contributed by atoms with Crippen molar-refractivity contribution in [2.24, 2.45) is 0 Å². The van der Waals surface area contributed by atoms with Crippen molar-refractivity contribution in [1.82, 2.24) is 9.78 Å². The average Bonchev–Trinajstić information content (AvgIpc) is 2.73. The van der Waals surface area contributed by atoms with Gasteiger partial charge in [-0.15, -0.1) is 0 Å². The molecule has 144 valence electrons. The molecule has 0 spiro atoms. The van der Waals surface area contributed by atoms with Gasteiger partial charge in [0.25, 0.3) is 0 Å². The molecule has 1 heterocycles. The third kappa shape index (κ3) is 3.73. The first-order valence-electron chi connectivity index (χ1n) is 8.64. The lowest BCUT2D eigenvalue weighted by atomic mass is 10.0. The molecule has 0 saturated heterocycles. The van der Waals surface area contributed by atoms with Crippen LogP contribution in [0.5, 0.6) is 11.5 Å². The Morgan fingerprint density at radius 3 is 1.96 bits per heavy atom. The van der Waals surface area contributed by atoms with E-state index in [2.05, 4.69) is 5.10 Å². The van der Waals surface area contributed by atoms with Gasteiger partial charge in [0, 0.05) is 11.1 Å². The molecule has 2 aromatic carbocycles. The number of nitrogens with one attached hydrogen (secondary N) is 1. The van der Waals surface area contributed by atoms with Crippen molar-refractivity contribution < 1.29 is 19.4 Å². The Morgan fingerprint density at radius 2 is 1.50 bits per heavy atom. The van der Waals surface area contributed by atoms with Crippen molar-refractivity contribution in [2.45, 2.75) is 13.0 Å². The van der Waals surface area contributed by atoms with Gasteiger partial charge in [0.2, 0.25) is 0 Å². The largest absolute Gasteiger partial charge is 0.497 e. The van der Waals surface area contributed by atoms with Crippen molar-refractivity contribution >= 4 is 5.97 Å². The van der Waals surface area contributed by atoms with Gasteiger partial charge in [0.15, 0.2) is 0 Å². The van der Waals surface area contributed by atoms with Gasteiger partial charge in [-0.25, -0.2) is 9.48 Å². The minimum atomic E-state index is -1.06. The van der Waals surface area contributed by atoms with Crippen LogP contribution in [0.15, 0.2) is 54.6 Å². The van der Waals surface area contributed by atoms with Crippen molar-refractivity contribution in [3.63, 3.8) is 0 Å². The second-order valence-corrected chi connectivity index (χ2v) is 6.21. The summed E-state index contributed by atoms with van der Waals surface area (Å²) in [5.74, 6) is 0.355. The maximum absolute atomic E-state index is 11.5. The number of hydrogen-bond donors (Lipinski definition) is 2. The molecule has 0 amide bonds. The molecule has 1 aromatic heterocycles. The van der Waals surface area contributed by atoms with Gasteiger partial charge in [-0.1, -0.05) is 12.1 Å². The van der Waals surface area contributed by atoms with Crippen LogP contribution in [0.4, 0.5) is 0 Å². The Hall–Kier alpha value is -3.61. The van der Waals surface area contributed by atoms with E-state index in [1.807, 2.05) is 36.4 Å². The summed E-state index contributed by atoms with van der Waals surface area (Å²) < 4.78 is 11.6. The van der Waals surface area contributed by atoms with Crippen molar-refractivity contribution in [3.8, 4) is 33.9 Å². The normalized spacial score (nSPS) is 11.7. The SMILES string of the molecule is COc1ccc(-c2cc(-c3ccc(OC)cc3)c(=N)n(C(C)C(=O)O)n2)cc1. The van der Waals surface area contributed by atoms with Gasteiger partial charge in [-0.05, 0) is 55.0 Å². The second-order valence-electron chi connectivity index (χ2n) is 6.21. The number of aliphatic carboxylic acids is 1. The van der Waals surface area contributed by atoms with E-state index in [-0.39, 0.29) is 5.49 Å². The van der Waals surface area contributed by atoms with E-state index in [1.165, 1.54) is 11.6 Å². The Balaban J connectivity index is 2.20. The summed E-state index contributed by atoms with van der Waals surface area (Å²) in [6.07, 6.45) is 0. The number of methoxy groups -OCH3 is 2. The van der Waals surface area contributed by atoms with Crippen LogP contribution in [-0.4, -0.2) is 35.1 Å². The Bertz CT molecular complexity index is 1040. The van der Waals surface area contributed by atoms with Gasteiger partial charge in [0.1, 0.15) is 23.0 Å². The lowest BCUT2D eigenvalue weighted by Crippen LogP contribution is -2.31. The smallest absolute Gasteiger partial charge is 0.328 e. The average molecular weight is 379 g/mol. The molecule has 1 atom stereocenters. The van der Waals surface area contributed by atoms with E-state index in [4.69, 9.17) is 14.9 Å². The summed E-state index contributed by atoms with van der Waals surface area (Å²) in [6.45, 7) is 1.50. The van der Waals surface area contributed by atoms with E-state index in [0.29, 0.717) is 22.8 Å². The summed E-state index contributed by atoms with van der Waals surface area (Å²) in [6, 6.07) is 15.4. The zero-order chi connectivity index (χ0) is 20.3. The topological polar surface area (TPSA) is 97.4 Å². The molecule has 0 fully saturated rings. The van der Waals surface area contributed by atoms with Gasteiger partial charge >= 0.3 is 5.97 Å². The summed E-state index contributed by atoms with van der Waals surface area (Å²) in [5, 5.41) is 22.4. The molecule has 0 aliphatic heterocycles. The molecule has 2 N–H and O–H groups in total. The first-order chi connectivity index (χ1) is 13.4. The van der Waals surface area contributed by atoms with Crippen LogP contribution >= 0.6 is 0 Å². The molecule has 0 radical (unpaired) electrons. The Morgan fingerprint density at radius 1 is 1.00 bits per heavy atom. The predicted molar refractivity (Wildman–Crippen MR) is 104 cm³/mol. The van der Waals surface area contributed by atoms with Gasteiger partial charge in [-0.2, -0.15) is 5.10 Å². The third-order valence-corrected chi connectivity index (χ3v) is 4.49. The maximum Gasteiger partial charge on any atom is 0.328 e. The van der Waals surface area contributed by atoms with Crippen LogP contribution in [0.2, 0.25) is 0 Å². The monoisotopic (exact) mass is 379 g/mol. The highest BCUT2D eigenvalue weighted by Crippen LogP contribution is 2.26.